The third-order valence-corrected chi connectivity index (χ3v) is 2.99. The van der Waals surface area contributed by atoms with E-state index in [4.69, 9.17) is 0 Å². The topological polar surface area (TPSA) is 23.6 Å². The van der Waals surface area contributed by atoms with Crippen LogP contribution in [-0.2, 0) is 17.5 Å². The number of alkyl halides is 3. The van der Waals surface area contributed by atoms with Crippen LogP contribution in [0.15, 0.2) is 36.9 Å². The number of hydrogen-bond acceptors (Lipinski definition) is 2. The Bertz CT molecular complexity index is 498. The summed E-state index contributed by atoms with van der Waals surface area (Å²) in [5.41, 5.74) is -0.629. The highest BCUT2D eigenvalue weighted by molar-refractivity contribution is 5.87. The molecule has 0 heterocycles. The smallest absolute Gasteiger partial charge is 0.334 e. The van der Waals surface area contributed by atoms with Gasteiger partial charge in [0.15, 0.2) is 0 Å². The van der Waals surface area contributed by atoms with Crippen LogP contribution < -0.4 is 0 Å². The summed E-state index contributed by atoms with van der Waals surface area (Å²) in [7, 11) is 3.67. The van der Waals surface area contributed by atoms with Crippen molar-refractivity contribution in [2.75, 3.05) is 27.2 Å². The number of amides is 1. The predicted octanol–water partition coefficient (Wildman–Crippen LogP) is 2.78. The van der Waals surface area contributed by atoms with Crippen molar-refractivity contribution in [3.05, 3.63) is 48.0 Å². The Morgan fingerprint density at radius 2 is 1.86 bits per heavy atom. The summed E-state index contributed by atoms with van der Waals surface area (Å²) >= 11 is 0. The highest BCUT2D eigenvalue weighted by Gasteiger charge is 2.33. The Hall–Kier alpha value is -1.82. The molecule has 0 radical (unpaired) electrons. The molecule has 116 valence electrons. The molecule has 0 atom stereocenters. The van der Waals surface area contributed by atoms with E-state index in [0.29, 0.717) is 13.1 Å². The maximum absolute atomic E-state index is 13.0. The van der Waals surface area contributed by atoms with Gasteiger partial charge in [0.2, 0.25) is 5.91 Å². The molecule has 1 aromatic carbocycles. The van der Waals surface area contributed by atoms with E-state index in [1.807, 2.05) is 19.0 Å². The van der Waals surface area contributed by atoms with E-state index in [1.54, 1.807) is 0 Å². The number of rotatable bonds is 6. The molecule has 1 amide bonds. The van der Waals surface area contributed by atoms with Gasteiger partial charge >= 0.3 is 6.18 Å². The van der Waals surface area contributed by atoms with Crippen LogP contribution in [0.1, 0.15) is 11.1 Å². The largest absolute Gasteiger partial charge is 0.416 e. The Kier molecular flexibility index (Phi) is 5.96. The molecule has 3 nitrogen and oxygen atoms in total. The number of halogens is 3. The van der Waals surface area contributed by atoms with Crippen LogP contribution in [0.4, 0.5) is 13.2 Å². The van der Waals surface area contributed by atoms with Crippen molar-refractivity contribution in [3.63, 3.8) is 0 Å². The normalized spacial score (nSPS) is 11.5. The van der Waals surface area contributed by atoms with E-state index in [0.717, 1.165) is 12.1 Å². The lowest BCUT2D eigenvalue weighted by atomic mass is 10.1. The van der Waals surface area contributed by atoms with Crippen LogP contribution in [0.3, 0.4) is 0 Å². The summed E-state index contributed by atoms with van der Waals surface area (Å²) in [5.74, 6) is -0.381. The van der Waals surface area contributed by atoms with Crippen LogP contribution in [0.25, 0.3) is 0 Å². The van der Waals surface area contributed by atoms with Gasteiger partial charge in [0, 0.05) is 19.6 Å². The monoisotopic (exact) mass is 300 g/mol. The molecule has 0 N–H and O–H groups in total. The number of carbonyl (C=O) groups is 1. The minimum atomic E-state index is -4.43. The van der Waals surface area contributed by atoms with Crippen LogP contribution in [0.2, 0.25) is 0 Å². The molecule has 21 heavy (non-hydrogen) atoms. The maximum Gasteiger partial charge on any atom is 0.416 e. The van der Waals surface area contributed by atoms with Gasteiger partial charge in [0.05, 0.1) is 5.56 Å². The SMILES string of the molecule is C=CC(=O)N(CCN(C)C)Cc1ccccc1C(F)(F)F. The van der Waals surface area contributed by atoms with Gasteiger partial charge in [-0.25, -0.2) is 0 Å². The van der Waals surface area contributed by atoms with Crippen molar-refractivity contribution in [3.8, 4) is 0 Å². The molecule has 0 aliphatic heterocycles. The summed E-state index contributed by atoms with van der Waals surface area (Å²) in [6.45, 7) is 4.21. The van der Waals surface area contributed by atoms with Crippen LogP contribution >= 0.6 is 0 Å². The molecule has 0 spiro atoms. The van der Waals surface area contributed by atoms with Gasteiger partial charge in [0.25, 0.3) is 0 Å². The first-order valence-electron chi connectivity index (χ1n) is 6.47. The van der Waals surface area contributed by atoms with Crippen LogP contribution in [0.5, 0.6) is 0 Å². The molecule has 0 bridgehead atoms. The summed E-state index contributed by atoms with van der Waals surface area (Å²) in [4.78, 5) is 15.0. The van der Waals surface area contributed by atoms with Gasteiger partial charge in [0.1, 0.15) is 0 Å². The lowest BCUT2D eigenvalue weighted by Gasteiger charge is -2.24. The zero-order chi connectivity index (χ0) is 16.0. The molecule has 0 aromatic heterocycles. The second kappa shape index (κ2) is 7.26. The van der Waals surface area contributed by atoms with Crippen molar-refractivity contribution >= 4 is 5.91 Å². The average molecular weight is 300 g/mol. The Labute approximate surface area is 122 Å². The van der Waals surface area contributed by atoms with Gasteiger partial charge in [-0.1, -0.05) is 24.8 Å². The lowest BCUT2D eigenvalue weighted by molar-refractivity contribution is -0.139. The third kappa shape index (κ3) is 5.23. The average Bonchev–Trinajstić information content (AvgIpc) is 2.41. The number of likely N-dealkylation sites (N-methyl/N-ethyl adjacent to an activating group) is 1. The van der Waals surface area contributed by atoms with Crippen molar-refractivity contribution in [1.82, 2.24) is 9.80 Å². The Balaban J connectivity index is 2.98. The van der Waals surface area contributed by atoms with Gasteiger partial charge < -0.3 is 9.80 Å². The van der Waals surface area contributed by atoms with E-state index in [-0.39, 0.29) is 18.0 Å². The van der Waals surface area contributed by atoms with E-state index >= 15 is 0 Å². The van der Waals surface area contributed by atoms with Gasteiger partial charge in [-0.2, -0.15) is 13.2 Å². The fourth-order valence-electron chi connectivity index (χ4n) is 1.86. The first-order chi connectivity index (χ1) is 9.75. The fraction of sp³-hybridized carbons (Fsp3) is 0.400. The third-order valence-electron chi connectivity index (χ3n) is 2.99. The predicted molar refractivity (Wildman–Crippen MR) is 75.6 cm³/mol. The maximum atomic E-state index is 13.0. The minimum absolute atomic E-state index is 0.0824. The van der Waals surface area contributed by atoms with Crippen molar-refractivity contribution < 1.29 is 18.0 Å². The minimum Gasteiger partial charge on any atom is -0.334 e. The molecule has 0 aliphatic rings. The molecule has 0 fully saturated rings. The fourth-order valence-corrected chi connectivity index (χ4v) is 1.86. The number of carbonyl (C=O) groups excluding carboxylic acids is 1. The Morgan fingerprint density at radius 3 is 2.38 bits per heavy atom. The van der Waals surface area contributed by atoms with E-state index in [2.05, 4.69) is 6.58 Å². The zero-order valence-corrected chi connectivity index (χ0v) is 12.2. The molecule has 1 aromatic rings. The van der Waals surface area contributed by atoms with Crippen LogP contribution in [-0.4, -0.2) is 42.9 Å². The molecular formula is C15H19F3N2O. The van der Waals surface area contributed by atoms with Gasteiger partial charge in [-0.05, 0) is 31.8 Å². The van der Waals surface area contributed by atoms with Gasteiger partial charge in [-0.15, -0.1) is 0 Å². The molecule has 1 rings (SSSR count). The summed E-state index contributed by atoms with van der Waals surface area (Å²) in [6, 6.07) is 5.29. The molecule has 0 saturated heterocycles. The second-order valence-corrected chi connectivity index (χ2v) is 4.92. The number of hydrogen-bond donors (Lipinski definition) is 0. The molecule has 0 aliphatic carbocycles. The Morgan fingerprint density at radius 1 is 1.24 bits per heavy atom. The highest BCUT2D eigenvalue weighted by atomic mass is 19.4. The molecular weight excluding hydrogens is 281 g/mol. The van der Waals surface area contributed by atoms with E-state index < -0.39 is 11.7 Å². The van der Waals surface area contributed by atoms with Crippen molar-refractivity contribution in [2.24, 2.45) is 0 Å². The first kappa shape index (κ1) is 17.2. The summed E-state index contributed by atoms with van der Waals surface area (Å²) in [6.07, 6.45) is -3.31. The number of benzene rings is 1. The first-order valence-corrected chi connectivity index (χ1v) is 6.47. The second-order valence-electron chi connectivity index (χ2n) is 4.92. The van der Waals surface area contributed by atoms with E-state index in [1.165, 1.54) is 23.1 Å². The highest BCUT2D eigenvalue weighted by Crippen LogP contribution is 2.32. The molecule has 0 unspecified atom stereocenters. The van der Waals surface area contributed by atoms with Crippen molar-refractivity contribution in [1.29, 1.82) is 0 Å². The summed E-state index contributed by atoms with van der Waals surface area (Å²) in [5, 5.41) is 0. The number of nitrogens with zero attached hydrogens (tertiary/aromatic N) is 2. The zero-order valence-electron chi connectivity index (χ0n) is 12.2. The summed E-state index contributed by atoms with van der Waals surface area (Å²) < 4.78 is 38.9. The lowest BCUT2D eigenvalue weighted by Crippen LogP contribution is -2.35. The van der Waals surface area contributed by atoms with Crippen LogP contribution in [0, 0.1) is 0 Å². The van der Waals surface area contributed by atoms with Crippen molar-refractivity contribution in [2.45, 2.75) is 12.7 Å². The molecule has 6 heteroatoms. The van der Waals surface area contributed by atoms with E-state index in [9.17, 15) is 18.0 Å². The standard InChI is InChI=1S/C15H19F3N2O/c1-4-14(21)20(10-9-19(2)3)11-12-7-5-6-8-13(12)15(16,17)18/h4-8H,1,9-11H2,2-3H3. The quantitative estimate of drug-likeness (QED) is 0.754. The van der Waals surface area contributed by atoms with Gasteiger partial charge in [-0.3, -0.25) is 4.79 Å². The molecule has 0 saturated carbocycles.